The highest BCUT2D eigenvalue weighted by atomic mass is 16.5. The van der Waals surface area contributed by atoms with E-state index in [4.69, 9.17) is 4.74 Å². The summed E-state index contributed by atoms with van der Waals surface area (Å²) < 4.78 is 6.13. The summed E-state index contributed by atoms with van der Waals surface area (Å²) in [4.78, 5) is 0. The smallest absolute Gasteiger partial charge is 0.125 e. The zero-order chi connectivity index (χ0) is 11.0. The van der Waals surface area contributed by atoms with Crippen LogP contribution in [0, 0.1) is 0 Å². The lowest BCUT2D eigenvalue weighted by atomic mass is 9.82. The summed E-state index contributed by atoms with van der Waals surface area (Å²) >= 11 is 0. The zero-order valence-electron chi connectivity index (χ0n) is 9.28. The van der Waals surface area contributed by atoms with E-state index < -0.39 is 0 Å². The van der Waals surface area contributed by atoms with Crippen LogP contribution in [0.15, 0.2) is 24.3 Å². The Kier molecular flexibility index (Phi) is 2.37. The first-order chi connectivity index (χ1) is 7.79. The van der Waals surface area contributed by atoms with Gasteiger partial charge in [-0.1, -0.05) is 18.2 Å². The van der Waals surface area contributed by atoms with Crippen molar-refractivity contribution in [3.63, 3.8) is 0 Å². The topological polar surface area (TPSA) is 41.5 Å². The van der Waals surface area contributed by atoms with E-state index in [2.05, 4.69) is 5.32 Å². The van der Waals surface area contributed by atoms with E-state index in [0.29, 0.717) is 0 Å². The Morgan fingerprint density at radius 2 is 2.00 bits per heavy atom. The minimum absolute atomic E-state index is 0.140. The van der Waals surface area contributed by atoms with Crippen LogP contribution in [0.1, 0.15) is 30.9 Å². The largest absolute Gasteiger partial charge is 0.487 e. The normalized spacial score (nSPS) is 27.2. The van der Waals surface area contributed by atoms with Crippen molar-refractivity contribution in [1.82, 2.24) is 5.32 Å². The SMILES string of the molecule is O[C@H]1CC2(CCNCC2)Oc2ccccc21. The third kappa shape index (κ3) is 1.60. The highest BCUT2D eigenvalue weighted by Gasteiger charge is 2.41. The highest BCUT2D eigenvalue weighted by Crippen LogP contribution is 2.43. The molecular formula is C13H17NO2. The Bertz CT molecular complexity index is 385. The van der Waals surface area contributed by atoms with Crippen molar-refractivity contribution in [1.29, 1.82) is 0 Å². The van der Waals surface area contributed by atoms with Crippen LogP contribution >= 0.6 is 0 Å². The van der Waals surface area contributed by atoms with Gasteiger partial charge in [0.15, 0.2) is 0 Å². The van der Waals surface area contributed by atoms with Gasteiger partial charge < -0.3 is 15.2 Å². The summed E-state index contributed by atoms with van der Waals surface area (Å²) in [7, 11) is 0. The second kappa shape index (κ2) is 3.75. The molecule has 1 aromatic carbocycles. The van der Waals surface area contributed by atoms with Crippen molar-refractivity contribution in [2.24, 2.45) is 0 Å². The molecule has 1 atom stereocenters. The lowest BCUT2D eigenvalue weighted by Gasteiger charge is -2.43. The van der Waals surface area contributed by atoms with Gasteiger partial charge in [-0.25, -0.2) is 0 Å². The monoisotopic (exact) mass is 219 g/mol. The second-order valence-corrected chi connectivity index (χ2v) is 4.79. The summed E-state index contributed by atoms with van der Waals surface area (Å²) in [6.45, 7) is 1.96. The molecule has 0 aliphatic carbocycles. The van der Waals surface area contributed by atoms with E-state index in [1.807, 2.05) is 24.3 Å². The molecule has 0 bridgehead atoms. The van der Waals surface area contributed by atoms with Crippen LogP contribution in [0.3, 0.4) is 0 Å². The number of ether oxygens (including phenoxy) is 1. The van der Waals surface area contributed by atoms with Crippen molar-refractivity contribution in [2.75, 3.05) is 13.1 Å². The number of piperidine rings is 1. The summed E-state index contributed by atoms with van der Waals surface area (Å²) in [6, 6.07) is 7.83. The number of para-hydroxylation sites is 1. The number of aliphatic hydroxyl groups excluding tert-OH is 1. The Morgan fingerprint density at radius 3 is 2.81 bits per heavy atom. The summed E-state index contributed by atoms with van der Waals surface area (Å²) in [5.41, 5.74) is 0.797. The molecule has 86 valence electrons. The first kappa shape index (κ1) is 10.1. The van der Waals surface area contributed by atoms with Crippen LogP contribution in [0.25, 0.3) is 0 Å². The van der Waals surface area contributed by atoms with E-state index in [9.17, 15) is 5.11 Å². The van der Waals surface area contributed by atoms with Crippen LogP contribution in [0.5, 0.6) is 5.75 Å². The quantitative estimate of drug-likeness (QED) is 0.696. The Morgan fingerprint density at radius 1 is 1.25 bits per heavy atom. The van der Waals surface area contributed by atoms with Gasteiger partial charge in [0, 0.05) is 12.0 Å². The van der Waals surface area contributed by atoms with Crippen molar-refractivity contribution in [3.8, 4) is 5.75 Å². The molecule has 2 N–H and O–H groups in total. The molecule has 16 heavy (non-hydrogen) atoms. The number of benzene rings is 1. The first-order valence-electron chi connectivity index (χ1n) is 5.96. The molecule has 2 aliphatic heterocycles. The molecule has 0 aromatic heterocycles. The Balaban J connectivity index is 1.93. The molecule has 2 aliphatic rings. The maximum atomic E-state index is 10.2. The number of aliphatic hydroxyl groups is 1. The molecule has 1 spiro atoms. The van der Waals surface area contributed by atoms with Crippen molar-refractivity contribution < 1.29 is 9.84 Å². The number of rotatable bonds is 0. The van der Waals surface area contributed by atoms with Crippen LogP contribution in [0.2, 0.25) is 0 Å². The van der Waals surface area contributed by atoms with Gasteiger partial charge >= 0.3 is 0 Å². The predicted octanol–water partition coefficient (Wildman–Crippen LogP) is 1.62. The van der Waals surface area contributed by atoms with Gasteiger partial charge in [0.25, 0.3) is 0 Å². The summed E-state index contributed by atoms with van der Waals surface area (Å²) in [6.07, 6.45) is 2.32. The summed E-state index contributed by atoms with van der Waals surface area (Å²) in [5, 5.41) is 13.5. The van der Waals surface area contributed by atoms with Gasteiger partial charge in [0.05, 0.1) is 6.10 Å². The van der Waals surface area contributed by atoms with E-state index in [1.54, 1.807) is 0 Å². The second-order valence-electron chi connectivity index (χ2n) is 4.79. The number of nitrogens with one attached hydrogen (secondary N) is 1. The van der Waals surface area contributed by atoms with Crippen LogP contribution in [0.4, 0.5) is 0 Å². The minimum atomic E-state index is -0.372. The van der Waals surface area contributed by atoms with Crippen LogP contribution < -0.4 is 10.1 Å². The lowest BCUT2D eigenvalue weighted by Crippen LogP contribution is -2.49. The van der Waals surface area contributed by atoms with E-state index in [0.717, 1.165) is 43.7 Å². The fourth-order valence-corrected chi connectivity index (χ4v) is 2.77. The zero-order valence-corrected chi connectivity index (χ0v) is 9.28. The van der Waals surface area contributed by atoms with E-state index in [-0.39, 0.29) is 11.7 Å². The lowest BCUT2D eigenvalue weighted by molar-refractivity contribution is -0.0336. The maximum absolute atomic E-state index is 10.2. The highest BCUT2D eigenvalue weighted by molar-refractivity contribution is 5.38. The van der Waals surface area contributed by atoms with Gasteiger partial charge in [0.2, 0.25) is 0 Å². The molecule has 0 radical (unpaired) electrons. The average molecular weight is 219 g/mol. The molecule has 3 rings (SSSR count). The predicted molar refractivity (Wildman–Crippen MR) is 61.5 cm³/mol. The minimum Gasteiger partial charge on any atom is -0.487 e. The van der Waals surface area contributed by atoms with E-state index in [1.165, 1.54) is 0 Å². The van der Waals surface area contributed by atoms with Crippen molar-refractivity contribution in [2.45, 2.75) is 31.0 Å². The third-order valence-corrected chi connectivity index (χ3v) is 3.68. The molecule has 0 saturated carbocycles. The Labute approximate surface area is 95.4 Å². The molecule has 1 fully saturated rings. The third-order valence-electron chi connectivity index (χ3n) is 3.68. The summed E-state index contributed by atoms with van der Waals surface area (Å²) in [5.74, 6) is 0.864. The van der Waals surface area contributed by atoms with Gasteiger partial charge in [-0.05, 0) is 32.0 Å². The number of hydrogen-bond acceptors (Lipinski definition) is 3. The Hall–Kier alpha value is -1.06. The van der Waals surface area contributed by atoms with Gasteiger partial charge in [-0.15, -0.1) is 0 Å². The van der Waals surface area contributed by atoms with Gasteiger partial charge in [-0.2, -0.15) is 0 Å². The number of fused-ring (bicyclic) bond motifs is 1. The maximum Gasteiger partial charge on any atom is 0.125 e. The molecule has 3 heteroatoms. The molecule has 1 aromatic rings. The average Bonchev–Trinajstić information content (AvgIpc) is 2.30. The molecule has 3 nitrogen and oxygen atoms in total. The molecule has 0 unspecified atom stereocenters. The fourth-order valence-electron chi connectivity index (χ4n) is 2.77. The molecule has 2 heterocycles. The first-order valence-corrected chi connectivity index (χ1v) is 5.96. The van der Waals surface area contributed by atoms with Gasteiger partial charge in [0.1, 0.15) is 11.4 Å². The van der Waals surface area contributed by atoms with Crippen LogP contribution in [-0.4, -0.2) is 23.8 Å². The molecule has 1 saturated heterocycles. The number of hydrogen-bond donors (Lipinski definition) is 2. The van der Waals surface area contributed by atoms with Gasteiger partial charge in [-0.3, -0.25) is 0 Å². The van der Waals surface area contributed by atoms with E-state index >= 15 is 0 Å². The van der Waals surface area contributed by atoms with Crippen molar-refractivity contribution >= 4 is 0 Å². The van der Waals surface area contributed by atoms with Crippen LogP contribution in [-0.2, 0) is 0 Å². The fraction of sp³-hybridized carbons (Fsp3) is 0.538. The molecular weight excluding hydrogens is 202 g/mol. The molecule has 0 amide bonds. The standard InChI is InChI=1S/C13H17NO2/c15-11-9-13(5-7-14-8-6-13)16-12-4-2-1-3-10(11)12/h1-4,11,14-15H,5-9H2/t11-/m0/s1. The van der Waals surface area contributed by atoms with Crippen molar-refractivity contribution in [3.05, 3.63) is 29.8 Å².